The Morgan fingerprint density at radius 1 is 1.20 bits per heavy atom. The Morgan fingerprint density at radius 3 is 2.87 bits per heavy atom. The summed E-state index contributed by atoms with van der Waals surface area (Å²) in [6.07, 6.45) is 5.76. The number of fused-ring (bicyclic) bond motifs is 1. The average Bonchev–Trinajstić information content (AvgIpc) is 3.54. The molecule has 0 bridgehead atoms. The lowest BCUT2D eigenvalue weighted by Crippen LogP contribution is -2.44. The van der Waals surface area contributed by atoms with Gasteiger partial charge in [0.2, 0.25) is 5.91 Å². The van der Waals surface area contributed by atoms with E-state index in [1.165, 1.54) is 16.5 Å². The van der Waals surface area contributed by atoms with E-state index in [9.17, 15) is 4.79 Å². The maximum Gasteiger partial charge on any atom is 0.242 e. The number of thiazole rings is 1. The molecule has 4 aromatic rings. The quantitative estimate of drug-likeness (QED) is 0.485. The number of nitrogens with zero attached hydrogens (tertiary/aromatic N) is 2. The fourth-order valence-electron chi connectivity index (χ4n) is 4.42. The number of amides is 1. The van der Waals surface area contributed by atoms with Gasteiger partial charge in [-0.05, 0) is 30.0 Å². The van der Waals surface area contributed by atoms with Crippen LogP contribution in [0.3, 0.4) is 0 Å². The molecule has 0 spiro atoms. The van der Waals surface area contributed by atoms with Crippen LogP contribution >= 0.6 is 11.3 Å². The summed E-state index contributed by atoms with van der Waals surface area (Å²) < 4.78 is 0. The number of carbonyl (C=O) groups is 1. The molecule has 1 fully saturated rings. The van der Waals surface area contributed by atoms with Crippen molar-refractivity contribution >= 4 is 33.3 Å². The van der Waals surface area contributed by atoms with E-state index in [4.69, 9.17) is 0 Å². The molecule has 0 radical (unpaired) electrons. The van der Waals surface area contributed by atoms with Gasteiger partial charge in [-0.25, -0.2) is 4.98 Å². The highest BCUT2D eigenvalue weighted by atomic mass is 32.1. The van der Waals surface area contributed by atoms with E-state index in [-0.39, 0.29) is 17.9 Å². The van der Waals surface area contributed by atoms with Gasteiger partial charge in [0, 0.05) is 47.7 Å². The highest BCUT2D eigenvalue weighted by molar-refractivity contribution is 7.13. The highest BCUT2D eigenvalue weighted by Crippen LogP contribution is 2.31. The third-order valence-electron chi connectivity index (χ3n) is 5.90. The smallest absolute Gasteiger partial charge is 0.242 e. The fraction of sp³-hybridized carbons (Fsp3) is 0.250. The van der Waals surface area contributed by atoms with Crippen LogP contribution in [0.15, 0.2) is 72.4 Å². The zero-order valence-corrected chi connectivity index (χ0v) is 17.4. The van der Waals surface area contributed by atoms with Gasteiger partial charge < -0.3 is 15.2 Å². The minimum atomic E-state index is -0.143. The topological polar surface area (TPSA) is 61.0 Å². The van der Waals surface area contributed by atoms with Gasteiger partial charge in [-0.1, -0.05) is 48.5 Å². The fourth-order valence-corrected chi connectivity index (χ4v) is 5.14. The van der Waals surface area contributed by atoms with Crippen LogP contribution in [0.25, 0.3) is 10.9 Å². The van der Waals surface area contributed by atoms with Crippen LogP contribution in [0.1, 0.15) is 29.9 Å². The number of hydrogen-bond donors (Lipinski definition) is 2. The average molecular weight is 417 g/mol. The maximum absolute atomic E-state index is 13.1. The van der Waals surface area contributed by atoms with Gasteiger partial charge in [0.25, 0.3) is 0 Å². The summed E-state index contributed by atoms with van der Waals surface area (Å²) in [5.41, 5.74) is 3.52. The number of benzene rings is 2. The number of anilines is 1. The Kier molecular flexibility index (Phi) is 5.24. The molecule has 2 unspecified atom stereocenters. The van der Waals surface area contributed by atoms with Crippen LogP contribution in [0.2, 0.25) is 0 Å². The van der Waals surface area contributed by atoms with Gasteiger partial charge in [-0.3, -0.25) is 4.79 Å². The Labute approximate surface area is 179 Å². The van der Waals surface area contributed by atoms with Crippen molar-refractivity contribution in [3.63, 3.8) is 0 Å². The Hall–Kier alpha value is -3.12. The second kappa shape index (κ2) is 8.32. The lowest BCUT2D eigenvalue weighted by molar-refractivity contribution is -0.122. The van der Waals surface area contributed by atoms with Crippen molar-refractivity contribution in [1.29, 1.82) is 0 Å². The normalized spacial score (nSPS) is 17.3. The summed E-state index contributed by atoms with van der Waals surface area (Å²) in [5.74, 6) is 0.171. The number of aromatic amines is 1. The van der Waals surface area contributed by atoms with Crippen LogP contribution in [0.4, 0.5) is 5.13 Å². The molecule has 1 amide bonds. The number of para-hydroxylation sites is 1. The predicted molar refractivity (Wildman–Crippen MR) is 122 cm³/mol. The zero-order chi connectivity index (χ0) is 20.3. The van der Waals surface area contributed by atoms with Crippen LogP contribution in [0, 0.1) is 0 Å². The minimum Gasteiger partial charge on any atom is -0.361 e. The third kappa shape index (κ3) is 3.59. The molecule has 1 aliphatic heterocycles. The number of nitrogens with one attached hydrogen (secondary N) is 2. The molecule has 1 saturated heterocycles. The van der Waals surface area contributed by atoms with E-state index in [0.29, 0.717) is 6.54 Å². The molecule has 2 atom stereocenters. The van der Waals surface area contributed by atoms with Crippen molar-refractivity contribution in [2.24, 2.45) is 0 Å². The lowest BCUT2D eigenvalue weighted by atomic mass is 9.91. The molecule has 5 rings (SSSR count). The molecule has 2 aromatic heterocycles. The Bertz CT molecular complexity index is 1120. The first-order chi connectivity index (χ1) is 14.8. The minimum absolute atomic E-state index is 0.0843. The van der Waals surface area contributed by atoms with Gasteiger partial charge in [-0.15, -0.1) is 11.3 Å². The second-order valence-corrected chi connectivity index (χ2v) is 8.54. The van der Waals surface area contributed by atoms with Crippen LogP contribution in [-0.2, 0) is 4.79 Å². The predicted octanol–water partition coefficient (Wildman–Crippen LogP) is 4.54. The number of aromatic nitrogens is 2. The summed E-state index contributed by atoms with van der Waals surface area (Å²) in [7, 11) is 0. The van der Waals surface area contributed by atoms with Crippen molar-refractivity contribution in [3.8, 4) is 0 Å². The summed E-state index contributed by atoms with van der Waals surface area (Å²) in [6.45, 7) is 1.45. The lowest BCUT2D eigenvalue weighted by Gasteiger charge is -2.25. The third-order valence-corrected chi connectivity index (χ3v) is 6.71. The first-order valence-corrected chi connectivity index (χ1v) is 11.2. The largest absolute Gasteiger partial charge is 0.361 e. The monoisotopic (exact) mass is 416 g/mol. The van der Waals surface area contributed by atoms with E-state index < -0.39 is 0 Å². The summed E-state index contributed by atoms with van der Waals surface area (Å²) in [6, 6.07) is 18.6. The molecule has 2 N–H and O–H groups in total. The summed E-state index contributed by atoms with van der Waals surface area (Å²) >= 11 is 1.59. The number of rotatable bonds is 6. The van der Waals surface area contributed by atoms with E-state index in [2.05, 4.69) is 68.8 Å². The van der Waals surface area contributed by atoms with Gasteiger partial charge in [0.15, 0.2) is 5.13 Å². The van der Waals surface area contributed by atoms with Crippen molar-refractivity contribution in [1.82, 2.24) is 15.3 Å². The van der Waals surface area contributed by atoms with E-state index in [1.807, 2.05) is 17.5 Å². The molecule has 0 aliphatic carbocycles. The number of carbonyl (C=O) groups excluding carboxylic acids is 1. The molecule has 0 saturated carbocycles. The number of H-pyrrole nitrogens is 1. The van der Waals surface area contributed by atoms with Crippen molar-refractivity contribution in [3.05, 3.63) is 83.5 Å². The summed E-state index contributed by atoms with van der Waals surface area (Å²) in [4.78, 5) is 23.1. The van der Waals surface area contributed by atoms with Gasteiger partial charge in [0.05, 0.1) is 0 Å². The first kappa shape index (κ1) is 18.9. The van der Waals surface area contributed by atoms with Crippen molar-refractivity contribution in [2.45, 2.75) is 24.8 Å². The van der Waals surface area contributed by atoms with Crippen LogP contribution < -0.4 is 10.2 Å². The maximum atomic E-state index is 13.1. The molecule has 5 nitrogen and oxygen atoms in total. The SMILES string of the molecule is O=C(NCC(c1ccccc1)c1c[nH]c2ccccc12)C1CCCN1c1nccs1. The van der Waals surface area contributed by atoms with Crippen LogP contribution in [0.5, 0.6) is 0 Å². The second-order valence-electron chi connectivity index (χ2n) is 7.66. The molecule has 6 heteroatoms. The zero-order valence-electron chi connectivity index (χ0n) is 16.6. The highest BCUT2D eigenvalue weighted by Gasteiger charge is 2.32. The van der Waals surface area contributed by atoms with Gasteiger partial charge >= 0.3 is 0 Å². The van der Waals surface area contributed by atoms with Gasteiger partial charge in [-0.2, -0.15) is 0 Å². The Morgan fingerprint density at radius 2 is 2.03 bits per heavy atom. The van der Waals surface area contributed by atoms with E-state index in [0.717, 1.165) is 30.0 Å². The van der Waals surface area contributed by atoms with Crippen LogP contribution in [-0.4, -0.2) is 35.0 Å². The molecular weight excluding hydrogens is 392 g/mol. The Balaban J connectivity index is 1.39. The summed E-state index contributed by atoms with van der Waals surface area (Å²) in [5, 5.41) is 7.35. The van der Waals surface area contributed by atoms with Crippen molar-refractivity contribution < 1.29 is 4.79 Å². The first-order valence-electron chi connectivity index (χ1n) is 10.4. The van der Waals surface area contributed by atoms with Crippen molar-refractivity contribution in [2.75, 3.05) is 18.0 Å². The standard InChI is InChI=1S/C24H24N4OS/c29-23(22-11-6-13-28(22)24-25-12-14-30-24)27-15-19(17-7-2-1-3-8-17)20-16-26-21-10-5-4-9-18(20)21/h1-5,7-10,12,14,16,19,22,26H,6,11,13,15H2,(H,27,29). The molecule has 3 heterocycles. The van der Waals surface area contributed by atoms with E-state index >= 15 is 0 Å². The molecule has 30 heavy (non-hydrogen) atoms. The van der Waals surface area contributed by atoms with Gasteiger partial charge in [0.1, 0.15) is 6.04 Å². The molecular formula is C24H24N4OS. The molecule has 1 aliphatic rings. The van der Waals surface area contributed by atoms with E-state index in [1.54, 1.807) is 17.5 Å². The molecule has 2 aromatic carbocycles. The molecule has 152 valence electrons. The number of hydrogen-bond acceptors (Lipinski definition) is 4.